The van der Waals surface area contributed by atoms with Crippen LogP contribution in [0.2, 0.25) is 0 Å². The first-order valence-corrected chi connectivity index (χ1v) is 8.74. The molecule has 1 aliphatic heterocycles. The number of epoxide rings is 1. The Labute approximate surface area is 137 Å². The average Bonchev–Trinajstić information content (AvgIpc) is 2.98. The van der Waals surface area contributed by atoms with Crippen molar-refractivity contribution in [1.82, 2.24) is 0 Å². The van der Waals surface area contributed by atoms with Gasteiger partial charge in [-0.25, -0.2) is 0 Å². The highest BCUT2D eigenvalue weighted by atomic mass is 32.2. The highest BCUT2D eigenvalue weighted by Crippen LogP contribution is 2.59. The Morgan fingerprint density at radius 1 is 1.08 bits per heavy atom. The second-order valence-corrected chi connectivity index (χ2v) is 7.99. The van der Waals surface area contributed by atoms with Gasteiger partial charge in [-0.05, 0) is 18.8 Å². The van der Waals surface area contributed by atoms with Crippen molar-refractivity contribution in [3.8, 4) is 0 Å². The van der Waals surface area contributed by atoms with Crippen LogP contribution < -0.4 is 0 Å². The van der Waals surface area contributed by atoms with Crippen LogP contribution in [0.3, 0.4) is 0 Å². The summed E-state index contributed by atoms with van der Waals surface area (Å²) >= 11 is 0. The number of carbonyl (C=O) groups excluding carboxylic acids is 1. The van der Waals surface area contributed by atoms with E-state index in [1.54, 1.807) is 0 Å². The van der Waals surface area contributed by atoms with E-state index in [1.807, 2.05) is 0 Å². The third-order valence-electron chi connectivity index (χ3n) is 4.98. The van der Waals surface area contributed by atoms with Gasteiger partial charge in [0.05, 0.1) is 18.1 Å². The van der Waals surface area contributed by atoms with Crippen LogP contribution in [-0.2, 0) is 24.4 Å². The van der Waals surface area contributed by atoms with Crippen LogP contribution in [0.4, 0.5) is 26.3 Å². The highest BCUT2D eigenvalue weighted by molar-refractivity contribution is 7.85. The minimum absolute atomic E-state index is 0.0162. The molecule has 6 nitrogen and oxygen atoms in total. The fourth-order valence-corrected chi connectivity index (χ4v) is 4.75. The van der Waals surface area contributed by atoms with E-state index in [9.17, 15) is 39.6 Å². The Morgan fingerprint density at radius 3 is 2.04 bits per heavy atom. The molecule has 13 heteroatoms. The molecule has 2 aliphatic carbocycles. The van der Waals surface area contributed by atoms with Crippen LogP contribution in [0.25, 0.3) is 0 Å². The smallest absolute Gasteiger partial charge is 0.438 e. The second-order valence-electron chi connectivity index (χ2n) is 6.54. The molecule has 1 N–H and O–H groups in total. The van der Waals surface area contributed by atoms with Gasteiger partial charge in [-0.3, -0.25) is 9.35 Å². The molecule has 144 valence electrons. The van der Waals surface area contributed by atoms with Crippen molar-refractivity contribution in [2.24, 2.45) is 17.8 Å². The first kappa shape index (κ1) is 18.7. The first-order chi connectivity index (χ1) is 11.2. The van der Waals surface area contributed by atoms with Crippen LogP contribution in [0.15, 0.2) is 0 Å². The van der Waals surface area contributed by atoms with Gasteiger partial charge in [-0.1, -0.05) is 0 Å². The molecule has 0 radical (unpaired) electrons. The molecule has 4 unspecified atom stereocenters. The predicted molar refractivity (Wildman–Crippen MR) is 65.7 cm³/mol. The zero-order valence-corrected chi connectivity index (χ0v) is 13.0. The van der Waals surface area contributed by atoms with E-state index in [2.05, 4.69) is 4.74 Å². The van der Waals surface area contributed by atoms with E-state index >= 15 is 0 Å². The lowest BCUT2D eigenvalue weighted by atomic mass is 9.88. The molecule has 0 spiro atoms. The van der Waals surface area contributed by atoms with Crippen molar-refractivity contribution >= 4 is 16.1 Å². The quantitative estimate of drug-likeness (QED) is 0.335. The van der Waals surface area contributed by atoms with Crippen molar-refractivity contribution < 1.29 is 53.6 Å². The zero-order chi connectivity index (χ0) is 19.0. The molecule has 0 amide bonds. The summed E-state index contributed by atoms with van der Waals surface area (Å²) in [7, 11) is -5.77. The number of ether oxygens (including phenoxy) is 2. The molecule has 2 bridgehead atoms. The van der Waals surface area contributed by atoms with Gasteiger partial charge in [-0.15, -0.1) is 0 Å². The normalized spacial score (nSPS) is 34.8. The Hall–Kier alpha value is -1.08. The number of halogens is 6. The fourth-order valence-electron chi connectivity index (χ4n) is 3.85. The summed E-state index contributed by atoms with van der Waals surface area (Å²) in [6.45, 7) is 0. The second kappa shape index (κ2) is 5.22. The number of fused-ring (bicyclic) bond motifs is 5. The number of esters is 1. The topological polar surface area (TPSA) is 93.2 Å². The Morgan fingerprint density at radius 2 is 1.64 bits per heavy atom. The Kier molecular flexibility index (Phi) is 3.91. The molecular weight excluding hydrogens is 386 g/mol. The summed E-state index contributed by atoms with van der Waals surface area (Å²) in [5.41, 5.74) is -5.34. The Balaban J connectivity index is 1.90. The summed E-state index contributed by atoms with van der Waals surface area (Å²) in [6.07, 6.45) is -12.7. The molecule has 1 heterocycles. The van der Waals surface area contributed by atoms with Gasteiger partial charge < -0.3 is 9.47 Å². The average molecular weight is 398 g/mol. The van der Waals surface area contributed by atoms with Crippen molar-refractivity contribution in [2.75, 3.05) is 5.75 Å². The molecule has 25 heavy (non-hydrogen) atoms. The van der Waals surface area contributed by atoms with E-state index in [4.69, 9.17) is 9.29 Å². The lowest BCUT2D eigenvalue weighted by molar-refractivity contribution is -0.362. The maximum absolute atomic E-state index is 13.1. The molecule has 2 saturated carbocycles. The summed E-state index contributed by atoms with van der Waals surface area (Å²) in [5.74, 6) is -6.58. The SMILES string of the molecule is O=C(OC(CS(=O)(=O)O)(C(F)(F)F)C(F)(F)F)C1CC2C[C@@H]1C1OC21. The van der Waals surface area contributed by atoms with E-state index in [-0.39, 0.29) is 24.5 Å². The number of alkyl halides is 6. The van der Waals surface area contributed by atoms with Crippen LogP contribution in [0.5, 0.6) is 0 Å². The van der Waals surface area contributed by atoms with E-state index in [0.29, 0.717) is 6.42 Å². The Bertz CT molecular complexity index is 671. The molecule has 5 atom stereocenters. The van der Waals surface area contributed by atoms with Gasteiger partial charge in [-0.2, -0.15) is 34.8 Å². The predicted octanol–water partition coefficient (Wildman–Crippen LogP) is 1.70. The van der Waals surface area contributed by atoms with E-state index < -0.39 is 51.6 Å². The molecule has 1 saturated heterocycles. The summed E-state index contributed by atoms with van der Waals surface area (Å²) in [5, 5.41) is 0. The molecule has 0 aromatic heterocycles. The minimum atomic E-state index is -6.30. The van der Waals surface area contributed by atoms with Gasteiger partial charge in [0.25, 0.3) is 10.1 Å². The lowest BCUT2D eigenvalue weighted by Crippen LogP contribution is -2.64. The third kappa shape index (κ3) is 2.99. The van der Waals surface area contributed by atoms with Gasteiger partial charge in [0.2, 0.25) is 0 Å². The lowest BCUT2D eigenvalue weighted by Gasteiger charge is -2.36. The number of carbonyl (C=O) groups is 1. The molecule has 3 fully saturated rings. The summed E-state index contributed by atoms with van der Waals surface area (Å²) in [4.78, 5) is 12.0. The first-order valence-electron chi connectivity index (χ1n) is 7.13. The van der Waals surface area contributed by atoms with Crippen molar-refractivity contribution in [3.63, 3.8) is 0 Å². The fraction of sp³-hybridized carbons (Fsp3) is 0.917. The molecule has 0 aromatic rings. The van der Waals surface area contributed by atoms with Crippen LogP contribution in [-0.4, -0.2) is 54.9 Å². The largest absolute Gasteiger partial charge is 0.438 e. The number of hydrogen-bond donors (Lipinski definition) is 1. The molecular formula is C12H12F6O6S. The maximum atomic E-state index is 13.1. The zero-order valence-electron chi connectivity index (χ0n) is 12.2. The minimum Gasteiger partial charge on any atom is -0.438 e. The summed E-state index contributed by atoms with van der Waals surface area (Å²) < 4.78 is 118. The summed E-state index contributed by atoms with van der Waals surface area (Å²) in [6, 6.07) is 0. The van der Waals surface area contributed by atoms with E-state index in [1.165, 1.54) is 0 Å². The van der Waals surface area contributed by atoms with Crippen LogP contribution >= 0.6 is 0 Å². The van der Waals surface area contributed by atoms with Gasteiger partial charge in [0.1, 0.15) is 5.75 Å². The van der Waals surface area contributed by atoms with Gasteiger partial charge in [0, 0.05) is 5.92 Å². The molecule has 0 aromatic carbocycles. The van der Waals surface area contributed by atoms with Crippen molar-refractivity contribution in [1.29, 1.82) is 0 Å². The van der Waals surface area contributed by atoms with Crippen molar-refractivity contribution in [2.45, 2.75) is 43.0 Å². The third-order valence-corrected chi connectivity index (χ3v) is 5.75. The maximum Gasteiger partial charge on any atom is 0.438 e. The van der Waals surface area contributed by atoms with Crippen molar-refractivity contribution in [3.05, 3.63) is 0 Å². The van der Waals surface area contributed by atoms with Gasteiger partial charge >= 0.3 is 23.9 Å². The van der Waals surface area contributed by atoms with E-state index in [0.717, 1.165) is 0 Å². The monoisotopic (exact) mass is 398 g/mol. The van der Waals surface area contributed by atoms with Gasteiger partial charge in [0.15, 0.2) is 0 Å². The molecule has 3 rings (SSSR count). The van der Waals surface area contributed by atoms with Crippen LogP contribution in [0, 0.1) is 17.8 Å². The standard InChI is InChI=1S/C12H12F6O6S/c13-11(14,15)10(12(16,17)18,3-25(20,21)22)24-9(19)6-2-4-1-5(6)8-7(4)23-8/h4-8H,1-3H2,(H,20,21,22)/t4?,5-,6?,7?,8?/m0/s1. The molecule has 3 aliphatic rings. The number of rotatable bonds is 4. The van der Waals surface area contributed by atoms with Crippen LogP contribution in [0.1, 0.15) is 12.8 Å². The highest BCUT2D eigenvalue weighted by Gasteiger charge is 2.76. The number of hydrogen-bond acceptors (Lipinski definition) is 5.